The standard InChI is InChI=1S/C19H19N3O3S/c1-11-4-5-16(12(2)8-11)21-17(23)9-14-10-26-19(20-14)22-18(24)15-6-7-25-13(15)3/h4-8,10H,9H2,1-3H3,(H,21,23)(H,20,22,24). The number of aromatic nitrogens is 1. The zero-order chi connectivity index (χ0) is 18.7. The van der Waals surface area contributed by atoms with Crippen LogP contribution in [0.3, 0.4) is 0 Å². The monoisotopic (exact) mass is 369 g/mol. The SMILES string of the molecule is Cc1ccc(NC(=O)Cc2csc(NC(=O)c3ccoc3C)n2)c(C)c1. The maximum Gasteiger partial charge on any atom is 0.260 e. The third-order valence-corrected chi connectivity index (χ3v) is 4.68. The number of hydrogen-bond acceptors (Lipinski definition) is 5. The molecule has 26 heavy (non-hydrogen) atoms. The van der Waals surface area contributed by atoms with Crippen molar-refractivity contribution in [2.45, 2.75) is 27.2 Å². The van der Waals surface area contributed by atoms with Gasteiger partial charge in [0.25, 0.3) is 5.91 Å². The number of amides is 2. The summed E-state index contributed by atoms with van der Waals surface area (Å²) < 4.78 is 5.12. The van der Waals surface area contributed by atoms with Gasteiger partial charge in [-0.3, -0.25) is 14.9 Å². The number of anilines is 2. The lowest BCUT2D eigenvalue weighted by Gasteiger charge is -2.08. The summed E-state index contributed by atoms with van der Waals surface area (Å²) in [4.78, 5) is 28.7. The second-order valence-corrected chi connectivity index (χ2v) is 6.89. The van der Waals surface area contributed by atoms with Crippen LogP contribution in [0.1, 0.15) is 32.9 Å². The van der Waals surface area contributed by atoms with Crippen LogP contribution in [0, 0.1) is 20.8 Å². The Balaban J connectivity index is 1.60. The number of hydrogen-bond donors (Lipinski definition) is 2. The molecule has 0 aliphatic heterocycles. The van der Waals surface area contributed by atoms with E-state index in [0.717, 1.165) is 16.8 Å². The molecule has 1 aromatic carbocycles. The molecule has 0 aliphatic rings. The van der Waals surface area contributed by atoms with Crippen LogP contribution in [-0.4, -0.2) is 16.8 Å². The highest BCUT2D eigenvalue weighted by atomic mass is 32.1. The number of benzene rings is 1. The maximum absolute atomic E-state index is 12.2. The summed E-state index contributed by atoms with van der Waals surface area (Å²) in [5.74, 6) is 0.120. The molecule has 0 bridgehead atoms. The lowest BCUT2D eigenvalue weighted by molar-refractivity contribution is -0.115. The van der Waals surface area contributed by atoms with Gasteiger partial charge in [-0.15, -0.1) is 11.3 Å². The number of carbonyl (C=O) groups is 2. The molecule has 0 saturated carbocycles. The first-order chi connectivity index (χ1) is 12.4. The third-order valence-electron chi connectivity index (χ3n) is 3.87. The molecule has 3 aromatic rings. The first kappa shape index (κ1) is 17.9. The molecule has 3 rings (SSSR count). The Labute approximate surface area is 155 Å². The van der Waals surface area contributed by atoms with Crippen LogP contribution in [0.15, 0.2) is 40.3 Å². The number of aryl methyl sites for hydroxylation is 3. The molecule has 6 nitrogen and oxygen atoms in total. The Hall–Kier alpha value is -2.93. The van der Waals surface area contributed by atoms with Gasteiger partial charge in [-0.1, -0.05) is 17.7 Å². The lowest BCUT2D eigenvalue weighted by atomic mass is 10.1. The van der Waals surface area contributed by atoms with Gasteiger partial charge in [-0.05, 0) is 38.5 Å². The van der Waals surface area contributed by atoms with Crippen molar-refractivity contribution in [1.29, 1.82) is 0 Å². The van der Waals surface area contributed by atoms with Crippen LogP contribution in [-0.2, 0) is 11.2 Å². The minimum absolute atomic E-state index is 0.143. The summed E-state index contributed by atoms with van der Waals surface area (Å²) in [5.41, 5.74) is 4.03. The minimum Gasteiger partial charge on any atom is -0.469 e. The average molecular weight is 369 g/mol. The molecule has 2 heterocycles. The van der Waals surface area contributed by atoms with Crippen molar-refractivity contribution in [2.75, 3.05) is 10.6 Å². The van der Waals surface area contributed by atoms with Crippen LogP contribution in [0.25, 0.3) is 0 Å². The second kappa shape index (κ2) is 7.53. The predicted octanol–water partition coefficient (Wildman–Crippen LogP) is 4.09. The van der Waals surface area contributed by atoms with E-state index in [-0.39, 0.29) is 18.2 Å². The highest BCUT2D eigenvalue weighted by Crippen LogP contribution is 2.20. The third kappa shape index (κ3) is 4.18. The van der Waals surface area contributed by atoms with Crippen molar-refractivity contribution < 1.29 is 14.0 Å². The Morgan fingerprint density at radius 3 is 2.65 bits per heavy atom. The van der Waals surface area contributed by atoms with Crippen molar-refractivity contribution in [3.05, 3.63) is 64.1 Å². The van der Waals surface area contributed by atoms with E-state index in [1.54, 1.807) is 18.4 Å². The fourth-order valence-electron chi connectivity index (χ4n) is 2.54. The number of thiazole rings is 1. The molecule has 7 heteroatoms. The highest BCUT2D eigenvalue weighted by Gasteiger charge is 2.14. The van der Waals surface area contributed by atoms with Crippen LogP contribution in [0.2, 0.25) is 0 Å². The Morgan fingerprint density at radius 1 is 1.15 bits per heavy atom. The quantitative estimate of drug-likeness (QED) is 0.709. The Morgan fingerprint density at radius 2 is 1.96 bits per heavy atom. The summed E-state index contributed by atoms with van der Waals surface area (Å²) in [5, 5.41) is 7.82. The molecule has 2 aromatic heterocycles. The summed E-state index contributed by atoms with van der Waals surface area (Å²) in [6.07, 6.45) is 1.61. The van der Waals surface area contributed by atoms with E-state index in [4.69, 9.17) is 4.42 Å². The van der Waals surface area contributed by atoms with E-state index in [2.05, 4.69) is 15.6 Å². The molecular weight excluding hydrogens is 350 g/mol. The van der Waals surface area contributed by atoms with Crippen molar-refractivity contribution in [3.8, 4) is 0 Å². The van der Waals surface area contributed by atoms with E-state index in [1.807, 2.05) is 32.0 Å². The number of rotatable bonds is 5. The molecular formula is C19H19N3O3S. The van der Waals surface area contributed by atoms with Gasteiger partial charge in [0.2, 0.25) is 5.91 Å². The average Bonchev–Trinajstić information content (AvgIpc) is 3.19. The van der Waals surface area contributed by atoms with Gasteiger partial charge in [-0.2, -0.15) is 0 Å². The molecule has 0 atom stereocenters. The summed E-state index contributed by atoms with van der Waals surface area (Å²) in [6, 6.07) is 7.47. The zero-order valence-electron chi connectivity index (χ0n) is 14.8. The fourth-order valence-corrected chi connectivity index (χ4v) is 3.25. The van der Waals surface area contributed by atoms with E-state index in [0.29, 0.717) is 22.1 Å². The largest absolute Gasteiger partial charge is 0.469 e. The Bertz CT molecular complexity index is 959. The number of furan rings is 1. The predicted molar refractivity (Wildman–Crippen MR) is 102 cm³/mol. The minimum atomic E-state index is -0.281. The van der Waals surface area contributed by atoms with Gasteiger partial charge < -0.3 is 9.73 Å². The fraction of sp³-hybridized carbons (Fsp3) is 0.211. The van der Waals surface area contributed by atoms with Crippen molar-refractivity contribution >= 4 is 34.0 Å². The molecule has 2 amide bonds. The molecule has 0 spiro atoms. The zero-order valence-corrected chi connectivity index (χ0v) is 15.6. The first-order valence-electron chi connectivity index (χ1n) is 8.09. The van der Waals surface area contributed by atoms with Gasteiger partial charge >= 0.3 is 0 Å². The molecule has 2 N–H and O–H groups in total. The number of nitrogens with one attached hydrogen (secondary N) is 2. The van der Waals surface area contributed by atoms with Crippen molar-refractivity contribution in [1.82, 2.24) is 4.98 Å². The lowest BCUT2D eigenvalue weighted by Crippen LogP contribution is -2.16. The Kier molecular flexibility index (Phi) is 5.18. The molecule has 0 radical (unpaired) electrons. The molecule has 0 saturated heterocycles. The number of nitrogens with zero attached hydrogens (tertiary/aromatic N) is 1. The smallest absolute Gasteiger partial charge is 0.260 e. The summed E-state index contributed by atoms with van der Waals surface area (Å²) >= 11 is 1.28. The van der Waals surface area contributed by atoms with Gasteiger partial charge in [0.05, 0.1) is 23.9 Å². The van der Waals surface area contributed by atoms with Crippen LogP contribution < -0.4 is 10.6 Å². The van der Waals surface area contributed by atoms with Crippen molar-refractivity contribution in [3.63, 3.8) is 0 Å². The molecule has 0 unspecified atom stereocenters. The molecule has 0 aliphatic carbocycles. The van der Waals surface area contributed by atoms with Crippen molar-refractivity contribution in [2.24, 2.45) is 0 Å². The normalized spacial score (nSPS) is 10.6. The van der Waals surface area contributed by atoms with E-state index >= 15 is 0 Å². The topological polar surface area (TPSA) is 84.2 Å². The van der Waals surface area contributed by atoms with E-state index < -0.39 is 0 Å². The van der Waals surface area contributed by atoms with Gasteiger partial charge in [0.1, 0.15) is 5.76 Å². The summed E-state index contributed by atoms with van der Waals surface area (Å²) in [6.45, 7) is 5.69. The van der Waals surface area contributed by atoms with Crippen LogP contribution in [0.5, 0.6) is 0 Å². The molecule has 0 fully saturated rings. The number of carbonyl (C=O) groups excluding carboxylic acids is 2. The van der Waals surface area contributed by atoms with Crippen LogP contribution >= 0.6 is 11.3 Å². The summed E-state index contributed by atoms with van der Waals surface area (Å²) in [7, 11) is 0. The van der Waals surface area contributed by atoms with Crippen LogP contribution in [0.4, 0.5) is 10.8 Å². The highest BCUT2D eigenvalue weighted by molar-refractivity contribution is 7.14. The van der Waals surface area contributed by atoms with E-state index in [1.165, 1.54) is 17.6 Å². The van der Waals surface area contributed by atoms with Gasteiger partial charge in [0.15, 0.2) is 5.13 Å². The second-order valence-electron chi connectivity index (χ2n) is 6.03. The maximum atomic E-state index is 12.2. The first-order valence-corrected chi connectivity index (χ1v) is 8.97. The van der Waals surface area contributed by atoms with Gasteiger partial charge in [0, 0.05) is 11.1 Å². The molecule has 134 valence electrons. The van der Waals surface area contributed by atoms with Gasteiger partial charge in [-0.25, -0.2) is 4.98 Å². The van der Waals surface area contributed by atoms with E-state index in [9.17, 15) is 9.59 Å².